The Kier molecular flexibility index (Phi) is 6.54. The topological polar surface area (TPSA) is 122 Å². The van der Waals surface area contributed by atoms with Crippen molar-refractivity contribution in [3.8, 4) is 0 Å². The lowest BCUT2D eigenvalue weighted by atomic mass is 10.0. The van der Waals surface area contributed by atoms with Crippen LogP contribution in [0.5, 0.6) is 0 Å². The van der Waals surface area contributed by atoms with Crippen LogP contribution in [0.2, 0.25) is 0 Å². The molecule has 4 N–H and O–H groups in total. The summed E-state index contributed by atoms with van der Waals surface area (Å²) in [5, 5.41) is 40.3. The highest BCUT2D eigenvalue weighted by atomic mass is 16.5. The Hall–Kier alpha value is -3.10. The molecule has 2 aromatic carbocycles. The fourth-order valence-electron chi connectivity index (χ4n) is 2.54. The summed E-state index contributed by atoms with van der Waals surface area (Å²) < 4.78 is 0. The van der Waals surface area contributed by atoms with E-state index in [1.807, 2.05) is 0 Å². The Morgan fingerprint density at radius 1 is 0.692 bits per heavy atom. The maximum Gasteiger partial charge on any atom is 0.328 e. The molecule has 0 heterocycles. The minimum absolute atomic E-state index is 0.193. The second-order valence-electron chi connectivity index (χ2n) is 5.65. The second-order valence-corrected chi connectivity index (χ2v) is 5.65. The van der Waals surface area contributed by atoms with Gasteiger partial charge in [-0.15, -0.1) is 0 Å². The lowest BCUT2D eigenvalue weighted by molar-refractivity contribution is -0.143. The average Bonchev–Trinajstić information content (AvgIpc) is 2.65. The number of hydrogen-bond donors (Lipinski definition) is 4. The molecule has 8 nitrogen and oxygen atoms in total. The number of hydroxylamine groups is 2. The molecule has 26 heavy (non-hydrogen) atoms. The first-order valence-corrected chi connectivity index (χ1v) is 7.93. The van der Waals surface area contributed by atoms with Crippen molar-refractivity contribution in [2.45, 2.75) is 24.9 Å². The highest BCUT2D eigenvalue weighted by molar-refractivity contribution is 5.79. The minimum atomic E-state index is -1.36. The van der Waals surface area contributed by atoms with Crippen molar-refractivity contribution < 1.29 is 30.2 Å². The van der Waals surface area contributed by atoms with Gasteiger partial charge in [0.15, 0.2) is 12.1 Å². The van der Waals surface area contributed by atoms with E-state index in [-0.39, 0.29) is 24.2 Å². The molecule has 2 atom stereocenters. The zero-order valence-electron chi connectivity index (χ0n) is 13.8. The zero-order chi connectivity index (χ0) is 19.1. The molecule has 0 unspecified atom stereocenters. The summed E-state index contributed by atoms with van der Waals surface area (Å²) in [5.41, 5.74) is 0.548. The third-order valence-corrected chi connectivity index (χ3v) is 3.92. The standard InChI is InChI=1S/C18H20N2O6/c21-17(22)15(19(25)13-7-3-1-4-8-13)11-12-16(18(23)24)20(26)14-9-5-2-6-10-14/h1-10,15-16,25-26H,11-12H2,(H,21,22)(H,23,24)/t15-,16-/m0/s1. The van der Waals surface area contributed by atoms with Gasteiger partial charge in [-0.2, -0.15) is 0 Å². The van der Waals surface area contributed by atoms with Crippen LogP contribution in [0.4, 0.5) is 11.4 Å². The number of carbonyl (C=O) groups is 2. The van der Waals surface area contributed by atoms with Crippen molar-refractivity contribution in [3.05, 3.63) is 60.7 Å². The van der Waals surface area contributed by atoms with Gasteiger partial charge in [0.05, 0.1) is 11.4 Å². The van der Waals surface area contributed by atoms with Crippen LogP contribution in [0.25, 0.3) is 0 Å². The van der Waals surface area contributed by atoms with Crippen LogP contribution >= 0.6 is 0 Å². The van der Waals surface area contributed by atoms with E-state index >= 15 is 0 Å². The van der Waals surface area contributed by atoms with Gasteiger partial charge >= 0.3 is 11.9 Å². The third-order valence-electron chi connectivity index (χ3n) is 3.92. The molecule has 0 spiro atoms. The van der Waals surface area contributed by atoms with Crippen molar-refractivity contribution in [2.24, 2.45) is 0 Å². The number of hydrogen-bond acceptors (Lipinski definition) is 6. The summed E-state index contributed by atoms with van der Waals surface area (Å²) in [4.78, 5) is 23.0. The van der Waals surface area contributed by atoms with Crippen LogP contribution in [0.3, 0.4) is 0 Å². The molecule has 138 valence electrons. The van der Waals surface area contributed by atoms with Gasteiger partial charge in [-0.1, -0.05) is 36.4 Å². The lowest BCUT2D eigenvalue weighted by Crippen LogP contribution is -2.43. The van der Waals surface area contributed by atoms with Gasteiger partial charge in [0.1, 0.15) is 0 Å². The molecule has 0 saturated heterocycles. The Morgan fingerprint density at radius 3 is 1.27 bits per heavy atom. The summed E-state index contributed by atoms with van der Waals surface area (Å²) in [6.07, 6.45) is -0.386. The van der Waals surface area contributed by atoms with Gasteiger partial charge in [-0.3, -0.25) is 10.4 Å². The van der Waals surface area contributed by atoms with Crippen LogP contribution in [-0.4, -0.2) is 44.6 Å². The Balaban J connectivity index is 2.12. The maximum absolute atomic E-state index is 11.5. The van der Waals surface area contributed by atoms with E-state index in [1.165, 1.54) is 24.3 Å². The number of benzene rings is 2. The molecule has 0 aliphatic rings. The number of para-hydroxylation sites is 2. The number of carboxylic acids is 2. The molecule has 0 bridgehead atoms. The van der Waals surface area contributed by atoms with E-state index in [2.05, 4.69) is 0 Å². The SMILES string of the molecule is O=C(O)[C@H](CC[C@@H](C(=O)O)N(O)c1ccccc1)N(O)c1ccccc1. The Bertz CT molecular complexity index is 661. The third kappa shape index (κ3) is 4.71. The van der Waals surface area contributed by atoms with Crippen molar-refractivity contribution in [2.75, 3.05) is 10.1 Å². The van der Waals surface area contributed by atoms with E-state index in [4.69, 9.17) is 0 Å². The van der Waals surface area contributed by atoms with Crippen LogP contribution in [0.1, 0.15) is 12.8 Å². The normalized spacial score (nSPS) is 12.8. The fourth-order valence-corrected chi connectivity index (χ4v) is 2.54. The quantitative estimate of drug-likeness (QED) is 0.503. The van der Waals surface area contributed by atoms with Gasteiger partial charge in [0.2, 0.25) is 0 Å². The molecule has 0 aromatic heterocycles. The van der Waals surface area contributed by atoms with Crippen molar-refractivity contribution >= 4 is 23.3 Å². The second kappa shape index (κ2) is 8.84. The van der Waals surface area contributed by atoms with E-state index in [1.54, 1.807) is 36.4 Å². The Morgan fingerprint density at radius 2 is 1.00 bits per heavy atom. The Labute approximate surface area is 150 Å². The van der Waals surface area contributed by atoms with Gasteiger partial charge in [0, 0.05) is 0 Å². The van der Waals surface area contributed by atoms with E-state index in [0.29, 0.717) is 10.1 Å². The number of aliphatic carboxylic acids is 2. The van der Waals surface area contributed by atoms with Crippen LogP contribution in [0, 0.1) is 0 Å². The van der Waals surface area contributed by atoms with Crippen molar-refractivity contribution in [1.82, 2.24) is 0 Å². The monoisotopic (exact) mass is 360 g/mol. The van der Waals surface area contributed by atoms with Gasteiger partial charge in [0.25, 0.3) is 0 Å². The zero-order valence-corrected chi connectivity index (χ0v) is 13.8. The molecule has 2 aromatic rings. The van der Waals surface area contributed by atoms with Gasteiger partial charge in [-0.25, -0.2) is 19.7 Å². The molecule has 0 amide bonds. The summed E-state index contributed by atoms with van der Waals surface area (Å²) in [6, 6.07) is 13.4. The highest BCUT2D eigenvalue weighted by Gasteiger charge is 2.31. The molecule has 0 radical (unpaired) electrons. The summed E-state index contributed by atoms with van der Waals surface area (Å²) >= 11 is 0. The predicted molar refractivity (Wildman–Crippen MR) is 93.5 cm³/mol. The highest BCUT2D eigenvalue weighted by Crippen LogP contribution is 2.21. The predicted octanol–water partition coefficient (Wildman–Crippen LogP) is 2.46. The molecular formula is C18H20N2O6. The number of nitrogens with zero attached hydrogens (tertiary/aromatic N) is 2. The first kappa shape index (κ1) is 19.2. The first-order chi connectivity index (χ1) is 12.4. The van der Waals surface area contributed by atoms with E-state index in [0.717, 1.165) is 0 Å². The smallest absolute Gasteiger partial charge is 0.328 e. The fraction of sp³-hybridized carbons (Fsp3) is 0.222. The summed E-state index contributed by atoms with van der Waals surface area (Å²) in [5.74, 6) is -2.60. The molecule has 0 fully saturated rings. The van der Waals surface area contributed by atoms with Crippen molar-refractivity contribution in [3.63, 3.8) is 0 Å². The lowest BCUT2D eigenvalue weighted by Gasteiger charge is -2.28. The molecule has 0 saturated carbocycles. The minimum Gasteiger partial charge on any atom is -0.480 e. The first-order valence-electron chi connectivity index (χ1n) is 7.93. The van der Waals surface area contributed by atoms with Gasteiger partial charge < -0.3 is 10.2 Å². The van der Waals surface area contributed by atoms with Crippen LogP contribution < -0.4 is 10.1 Å². The average molecular weight is 360 g/mol. The van der Waals surface area contributed by atoms with E-state index < -0.39 is 24.0 Å². The maximum atomic E-state index is 11.5. The number of rotatable bonds is 9. The van der Waals surface area contributed by atoms with Crippen LogP contribution in [0.15, 0.2) is 60.7 Å². The van der Waals surface area contributed by atoms with Gasteiger partial charge in [-0.05, 0) is 37.1 Å². The molecule has 0 aliphatic carbocycles. The molecule has 8 heteroatoms. The van der Waals surface area contributed by atoms with Crippen LogP contribution in [-0.2, 0) is 9.59 Å². The number of anilines is 2. The van der Waals surface area contributed by atoms with E-state index in [9.17, 15) is 30.2 Å². The van der Waals surface area contributed by atoms with Crippen molar-refractivity contribution in [1.29, 1.82) is 0 Å². The summed E-state index contributed by atoms with van der Waals surface area (Å²) in [7, 11) is 0. The molecule has 0 aliphatic heterocycles. The summed E-state index contributed by atoms with van der Waals surface area (Å²) in [6.45, 7) is 0. The largest absolute Gasteiger partial charge is 0.480 e. The molecular weight excluding hydrogens is 340 g/mol. The number of carboxylic acid groups (broad SMARTS) is 2. The molecule has 2 rings (SSSR count).